The number of aromatic nitrogens is 1. The van der Waals surface area contributed by atoms with E-state index in [1.54, 1.807) is 24.3 Å². The molecule has 22 heavy (non-hydrogen) atoms. The molecule has 2 aromatic rings. The highest BCUT2D eigenvalue weighted by molar-refractivity contribution is 7.90. The lowest BCUT2D eigenvalue weighted by atomic mass is 10.0. The Bertz CT molecular complexity index is 821. The highest BCUT2D eigenvalue weighted by Gasteiger charge is 2.33. The summed E-state index contributed by atoms with van der Waals surface area (Å²) in [6.07, 6.45) is 1.20. The molecule has 2 heterocycles. The van der Waals surface area contributed by atoms with Crippen LogP contribution in [0.3, 0.4) is 0 Å². The van der Waals surface area contributed by atoms with E-state index in [1.807, 2.05) is 4.72 Å². The van der Waals surface area contributed by atoms with Crippen LogP contribution in [-0.4, -0.2) is 25.9 Å². The molecule has 1 aromatic heterocycles. The molecule has 0 spiro atoms. The van der Waals surface area contributed by atoms with Crippen molar-refractivity contribution >= 4 is 27.5 Å². The Labute approximate surface area is 132 Å². The van der Waals surface area contributed by atoms with Gasteiger partial charge in [-0.25, -0.2) is 9.71 Å². The Morgan fingerprint density at radius 3 is 2.77 bits per heavy atom. The van der Waals surface area contributed by atoms with Gasteiger partial charge < -0.3 is 4.74 Å². The second kappa shape index (κ2) is 5.58. The number of amides is 1. The minimum absolute atomic E-state index is 0.106. The molecule has 1 aliphatic rings. The Kier molecular flexibility index (Phi) is 3.76. The fraction of sp³-hybridized carbons (Fsp3) is 0.143. The summed E-state index contributed by atoms with van der Waals surface area (Å²) in [5.41, 5.74) is 0.666. The molecule has 1 aromatic carbocycles. The Morgan fingerprint density at radius 1 is 1.27 bits per heavy atom. The molecule has 1 unspecified atom stereocenters. The number of rotatable bonds is 3. The van der Waals surface area contributed by atoms with E-state index in [1.165, 1.54) is 18.3 Å². The quantitative estimate of drug-likeness (QED) is 0.921. The van der Waals surface area contributed by atoms with Crippen molar-refractivity contribution < 1.29 is 17.9 Å². The van der Waals surface area contributed by atoms with Gasteiger partial charge in [0, 0.05) is 11.8 Å². The van der Waals surface area contributed by atoms with Crippen LogP contribution >= 0.6 is 11.6 Å². The first kappa shape index (κ1) is 14.8. The smallest absolute Gasteiger partial charge is 0.281 e. The molecule has 6 nitrogen and oxygen atoms in total. The third-order valence-corrected chi connectivity index (χ3v) is 4.71. The average molecular weight is 339 g/mol. The zero-order valence-electron chi connectivity index (χ0n) is 11.2. The number of nitrogens with one attached hydrogen (secondary N) is 1. The molecule has 8 heteroatoms. The van der Waals surface area contributed by atoms with Gasteiger partial charge in [-0.15, -0.1) is 0 Å². The first-order chi connectivity index (χ1) is 10.5. The van der Waals surface area contributed by atoms with Gasteiger partial charge in [0.2, 0.25) is 5.91 Å². The summed E-state index contributed by atoms with van der Waals surface area (Å²) in [6.45, 7) is 0.106. The average Bonchev–Trinajstić information content (AvgIpc) is 2.91. The van der Waals surface area contributed by atoms with Crippen LogP contribution in [0.4, 0.5) is 0 Å². The summed E-state index contributed by atoms with van der Waals surface area (Å²) >= 11 is 5.67. The van der Waals surface area contributed by atoms with Gasteiger partial charge >= 0.3 is 0 Å². The van der Waals surface area contributed by atoms with Crippen LogP contribution in [0.15, 0.2) is 47.6 Å². The minimum atomic E-state index is -4.04. The van der Waals surface area contributed by atoms with Crippen LogP contribution in [0.25, 0.3) is 0 Å². The van der Waals surface area contributed by atoms with Crippen molar-refractivity contribution in [3.63, 3.8) is 0 Å². The molecule has 1 amide bonds. The van der Waals surface area contributed by atoms with Gasteiger partial charge in [-0.05, 0) is 18.2 Å². The molecule has 0 saturated carbocycles. The highest BCUT2D eigenvalue weighted by atomic mass is 35.5. The number of sulfonamides is 1. The second-order valence-electron chi connectivity index (χ2n) is 4.69. The van der Waals surface area contributed by atoms with Crippen molar-refractivity contribution in [1.82, 2.24) is 9.71 Å². The number of nitrogens with zero attached hydrogens (tertiary/aromatic N) is 1. The maximum absolute atomic E-state index is 12.2. The first-order valence-electron chi connectivity index (χ1n) is 6.37. The number of hydrogen-bond acceptors (Lipinski definition) is 5. The van der Waals surface area contributed by atoms with Crippen LogP contribution in [0, 0.1) is 0 Å². The maximum atomic E-state index is 12.2. The number of carbonyl (C=O) groups is 1. The van der Waals surface area contributed by atoms with Gasteiger partial charge in [0.15, 0.2) is 5.03 Å². The molecule has 1 aliphatic heterocycles. The highest BCUT2D eigenvalue weighted by Crippen LogP contribution is 2.33. The zero-order chi connectivity index (χ0) is 15.7. The summed E-state index contributed by atoms with van der Waals surface area (Å²) < 4.78 is 31.7. The summed E-state index contributed by atoms with van der Waals surface area (Å²) in [5, 5.41) is 0.0425. The van der Waals surface area contributed by atoms with Gasteiger partial charge in [0.05, 0.1) is 5.02 Å². The van der Waals surface area contributed by atoms with Gasteiger partial charge in [-0.2, -0.15) is 8.42 Å². The third kappa shape index (κ3) is 2.77. The van der Waals surface area contributed by atoms with E-state index in [2.05, 4.69) is 4.98 Å². The second-order valence-corrected chi connectivity index (χ2v) is 6.75. The summed E-state index contributed by atoms with van der Waals surface area (Å²) in [7, 11) is -4.04. The third-order valence-electron chi connectivity index (χ3n) is 3.23. The zero-order valence-corrected chi connectivity index (χ0v) is 12.8. The number of para-hydroxylation sites is 1. The molecule has 3 rings (SSSR count). The minimum Gasteiger partial charge on any atom is -0.492 e. The van der Waals surface area contributed by atoms with Crippen molar-refractivity contribution in [2.45, 2.75) is 10.9 Å². The standard InChI is InChI=1S/C14H11ClN2O4S/c15-9-5-6-13(16-7-9)22(19,20)17-14(18)11-8-21-12-4-2-1-3-10(11)12/h1-7,11H,8H2,(H,17,18). The van der Waals surface area contributed by atoms with Gasteiger partial charge in [-0.3, -0.25) is 4.79 Å². The monoisotopic (exact) mass is 338 g/mol. The van der Waals surface area contributed by atoms with Crippen LogP contribution in [-0.2, 0) is 14.8 Å². The lowest BCUT2D eigenvalue weighted by Crippen LogP contribution is -2.35. The molecule has 0 fully saturated rings. The van der Waals surface area contributed by atoms with Crippen LogP contribution in [0.2, 0.25) is 5.02 Å². The Morgan fingerprint density at radius 2 is 2.05 bits per heavy atom. The maximum Gasteiger partial charge on any atom is 0.281 e. The number of benzene rings is 1. The molecule has 0 aliphatic carbocycles. The topological polar surface area (TPSA) is 85.4 Å². The van der Waals surface area contributed by atoms with Gasteiger partial charge in [0.25, 0.3) is 10.0 Å². The lowest BCUT2D eigenvalue weighted by molar-refractivity contribution is -0.120. The lowest BCUT2D eigenvalue weighted by Gasteiger charge is -2.10. The molecule has 1 atom stereocenters. The Hall–Kier alpha value is -2.12. The molecular weight excluding hydrogens is 328 g/mol. The largest absolute Gasteiger partial charge is 0.492 e. The van der Waals surface area contributed by atoms with E-state index in [9.17, 15) is 13.2 Å². The van der Waals surface area contributed by atoms with E-state index in [-0.39, 0.29) is 11.6 Å². The van der Waals surface area contributed by atoms with Crippen LogP contribution in [0.5, 0.6) is 5.75 Å². The molecule has 0 bridgehead atoms. The fourth-order valence-corrected chi connectivity index (χ4v) is 3.22. The Balaban J connectivity index is 1.81. The van der Waals surface area contributed by atoms with E-state index in [4.69, 9.17) is 16.3 Å². The van der Waals surface area contributed by atoms with E-state index < -0.39 is 21.8 Å². The SMILES string of the molecule is O=C(NS(=O)(=O)c1ccc(Cl)cn1)C1COc2ccccc21. The van der Waals surface area contributed by atoms with Crippen LogP contribution < -0.4 is 9.46 Å². The van der Waals surface area contributed by atoms with Crippen molar-refractivity contribution in [2.24, 2.45) is 0 Å². The van der Waals surface area contributed by atoms with E-state index in [0.29, 0.717) is 16.3 Å². The van der Waals surface area contributed by atoms with Crippen LogP contribution in [0.1, 0.15) is 11.5 Å². The predicted molar refractivity (Wildman–Crippen MR) is 79.3 cm³/mol. The summed E-state index contributed by atoms with van der Waals surface area (Å²) in [4.78, 5) is 15.9. The number of pyridine rings is 1. The van der Waals surface area contributed by atoms with Crippen molar-refractivity contribution in [3.8, 4) is 5.75 Å². The normalized spacial score (nSPS) is 16.7. The van der Waals surface area contributed by atoms with Crippen molar-refractivity contribution in [2.75, 3.05) is 6.61 Å². The van der Waals surface area contributed by atoms with Crippen molar-refractivity contribution in [3.05, 3.63) is 53.2 Å². The number of hydrogen-bond donors (Lipinski definition) is 1. The molecule has 0 radical (unpaired) electrons. The van der Waals surface area contributed by atoms with Gasteiger partial charge in [-0.1, -0.05) is 29.8 Å². The molecular formula is C14H11ClN2O4S. The molecule has 0 saturated heterocycles. The predicted octanol–water partition coefficient (Wildman–Crippen LogP) is 1.72. The number of carbonyl (C=O) groups excluding carboxylic acids is 1. The van der Waals surface area contributed by atoms with E-state index in [0.717, 1.165) is 0 Å². The molecule has 1 N–H and O–H groups in total. The van der Waals surface area contributed by atoms with Gasteiger partial charge in [0.1, 0.15) is 18.3 Å². The first-order valence-corrected chi connectivity index (χ1v) is 8.23. The molecule has 114 valence electrons. The van der Waals surface area contributed by atoms with E-state index >= 15 is 0 Å². The summed E-state index contributed by atoms with van der Waals surface area (Å²) in [5.74, 6) is -0.732. The number of halogens is 1. The number of fused-ring (bicyclic) bond motifs is 1. The number of ether oxygens (including phenoxy) is 1. The fourth-order valence-electron chi connectivity index (χ4n) is 2.16. The summed E-state index contributed by atoms with van der Waals surface area (Å²) in [6, 6.07) is 9.65. The van der Waals surface area contributed by atoms with Crippen molar-refractivity contribution in [1.29, 1.82) is 0 Å².